The highest BCUT2D eigenvalue weighted by Gasteiger charge is 2.22. The number of rotatable bonds is 1. The number of amidine groups is 1. The Morgan fingerprint density at radius 3 is 3.06 bits per heavy atom. The zero-order valence-corrected chi connectivity index (χ0v) is 10.2. The lowest BCUT2D eigenvalue weighted by molar-refractivity contribution is 0.613. The van der Waals surface area contributed by atoms with Gasteiger partial charge in [-0.1, -0.05) is 0 Å². The predicted molar refractivity (Wildman–Crippen MR) is 68.1 cm³/mol. The number of aliphatic imine (C=N–C) groups is 1. The van der Waals surface area contributed by atoms with E-state index in [9.17, 15) is 0 Å². The Hall–Kier alpha value is -1.42. The molecule has 0 aliphatic carbocycles. The van der Waals surface area contributed by atoms with Crippen LogP contribution in [0.4, 0.5) is 0 Å². The molecule has 2 aliphatic rings. The molecule has 0 unspecified atom stereocenters. The Morgan fingerprint density at radius 1 is 1.31 bits per heavy atom. The molecule has 0 aromatic carbocycles. The third kappa shape index (κ3) is 1.59. The van der Waals surface area contributed by atoms with Gasteiger partial charge in [0.2, 0.25) is 0 Å². The minimum atomic E-state index is 0.869. The first-order valence-electron chi connectivity index (χ1n) is 5.16. The quantitative estimate of drug-likeness (QED) is 0.788. The van der Waals surface area contributed by atoms with Gasteiger partial charge in [-0.2, -0.15) is 0 Å². The molecule has 0 saturated heterocycles. The Balaban J connectivity index is 2.03. The standard InChI is InChI=1S/C12H10BrN3/c13-9-3-4-11(15-8-9)10-2-1-6-16-7-5-14-12(10)16/h1-4,6,8H,5,7H2. The number of hydrogen-bond acceptors (Lipinski definition) is 3. The highest BCUT2D eigenvalue weighted by atomic mass is 79.9. The van der Waals surface area contributed by atoms with E-state index in [1.54, 1.807) is 0 Å². The van der Waals surface area contributed by atoms with E-state index in [2.05, 4.69) is 43.1 Å². The normalized spacial score (nSPS) is 18.2. The second-order valence-corrected chi connectivity index (χ2v) is 4.60. The maximum atomic E-state index is 4.51. The Kier molecular flexibility index (Phi) is 2.36. The molecule has 3 rings (SSSR count). The first-order chi connectivity index (χ1) is 7.84. The third-order valence-electron chi connectivity index (χ3n) is 2.65. The van der Waals surface area contributed by atoms with Gasteiger partial charge in [-0.15, -0.1) is 0 Å². The van der Waals surface area contributed by atoms with E-state index >= 15 is 0 Å². The van der Waals surface area contributed by atoms with Crippen LogP contribution in [0.2, 0.25) is 0 Å². The second kappa shape index (κ2) is 3.87. The van der Waals surface area contributed by atoms with Gasteiger partial charge < -0.3 is 4.90 Å². The van der Waals surface area contributed by atoms with Crippen molar-refractivity contribution in [2.75, 3.05) is 13.1 Å². The minimum absolute atomic E-state index is 0.869. The predicted octanol–water partition coefficient (Wildman–Crippen LogP) is 2.47. The molecule has 3 nitrogen and oxygen atoms in total. The van der Waals surface area contributed by atoms with Crippen molar-refractivity contribution < 1.29 is 0 Å². The van der Waals surface area contributed by atoms with Gasteiger partial charge in [-0.3, -0.25) is 9.98 Å². The summed E-state index contributed by atoms with van der Waals surface area (Å²) in [7, 11) is 0. The number of nitrogens with zero attached hydrogens (tertiary/aromatic N) is 3. The van der Waals surface area contributed by atoms with Crippen molar-refractivity contribution in [2.24, 2.45) is 4.99 Å². The smallest absolute Gasteiger partial charge is 0.137 e. The van der Waals surface area contributed by atoms with Crippen LogP contribution in [-0.4, -0.2) is 28.8 Å². The summed E-state index contributed by atoms with van der Waals surface area (Å²) >= 11 is 3.39. The summed E-state index contributed by atoms with van der Waals surface area (Å²) in [5.74, 6) is 1.04. The molecule has 0 N–H and O–H groups in total. The van der Waals surface area contributed by atoms with Gasteiger partial charge in [-0.05, 0) is 40.2 Å². The Labute approximate surface area is 102 Å². The summed E-state index contributed by atoms with van der Waals surface area (Å²) < 4.78 is 0.994. The molecule has 0 atom stereocenters. The lowest BCUT2D eigenvalue weighted by Crippen LogP contribution is -2.24. The fourth-order valence-electron chi connectivity index (χ4n) is 1.90. The van der Waals surface area contributed by atoms with Crippen molar-refractivity contribution in [1.82, 2.24) is 9.88 Å². The second-order valence-electron chi connectivity index (χ2n) is 3.68. The number of halogens is 1. The van der Waals surface area contributed by atoms with E-state index in [4.69, 9.17) is 0 Å². The van der Waals surface area contributed by atoms with Crippen LogP contribution in [0.15, 0.2) is 46.1 Å². The molecule has 0 saturated carbocycles. The van der Waals surface area contributed by atoms with Crippen LogP contribution in [0.3, 0.4) is 0 Å². The average molecular weight is 276 g/mol. The SMILES string of the molecule is Brc1ccc(C2=CC=CN3CCN=C23)nc1. The molecule has 3 heterocycles. The van der Waals surface area contributed by atoms with Crippen molar-refractivity contribution in [3.63, 3.8) is 0 Å². The monoisotopic (exact) mass is 275 g/mol. The van der Waals surface area contributed by atoms with E-state index in [0.29, 0.717) is 0 Å². The number of allylic oxidation sites excluding steroid dienone is 2. The van der Waals surface area contributed by atoms with Crippen LogP contribution in [0.5, 0.6) is 0 Å². The minimum Gasteiger partial charge on any atom is -0.331 e. The van der Waals surface area contributed by atoms with Crippen LogP contribution < -0.4 is 0 Å². The fraction of sp³-hybridized carbons (Fsp3) is 0.167. The van der Waals surface area contributed by atoms with Crippen LogP contribution in [0.1, 0.15) is 5.69 Å². The molecule has 0 bridgehead atoms. The summed E-state index contributed by atoms with van der Waals surface area (Å²) in [6.07, 6.45) is 7.99. The number of fused-ring (bicyclic) bond motifs is 1. The largest absolute Gasteiger partial charge is 0.331 e. The topological polar surface area (TPSA) is 28.5 Å². The van der Waals surface area contributed by atoms with Crippen molar-refractivity contribution in [1.29, 1.82) is 0 Å². The van der Waals surface area contributed by atoms with Gasteiger partial charge in [0, 0.05) is 29.0 Å². The van der Waals surface area contributed by atoms with Crippen molar-refractivity contribution in [3.8, 4) is 0 Å². The molecule has 0 radical (unpaired) electrons. The Morgan fingerprint density at radius 2 is 2.25 bits per heavy atom. The molecule has 1 aromatic heterocycles. The molecule has 4 heteroatoms. The van der Waals surface area contributed by atoms with Crippen LogP contribution in [0.25, 0.3) is 5.57 Å². The Bertz CT molecular complexity index is 500. The van der Waals surface area contributed by atoms with Crippen LogP contribution in [-0.2, 0) is 0 Å². The van der Waals surface area contributed by atoms with Crippen LogP contribution in [0, 0.1) is 0 Å². The summed E-state index contributed by atoms with van der Waals surface area (Å²) in [5.41, 5.74) is 2.07. The van der Waals surface area contributed by atoms with Gasteiger partial charge in [0.05, 0.1) is 12.2 Å². The highest BCUT2D eigenvalue weighted by molar-refractivity contribution is 9.10. The molecule has 1 aromatic rings. The number of hydrogen-bond donors (Lipinski definition) is 0. The maximum Gasteiger partial charge on any atom is 0.137 e. The van der Waals surface area contributed by atoms with Gasteiger partial charge in [0.25, 0.3) is 0 Å². The molecule has 0 amide bonds. The number of pyridine rings is 1. The molecule has 16 heavy (non-hydrogen) atoms. The maximum absolute atomic E-state index is 4.51. The summed E-state index contributed by atoms with van der Waals surface area (Å²) in [6, 6.07) is 4.01. The zero-order chi connectivity index (χ0) is 11.0. The van der Waals surface area contributed by atoms with Crippen molar-refractivity contribution in [3.05, 3.63) is 46.8 Å². The summed E-state index contributed by atoms with van der Waals surface area (Å²) in [6.45, 7) is 1.84. The molecular formula is C12H10BrN3. The van der Waals surface area contributed by atoms with Gasteiger partial charge in [-0.25, -0.2) is 0 Å². The average Bonchev–Trinajstić information content (AvgIpc) is 2.78. The number of aromatic nitrogens is 1. The molecule has 0 spiro atoms. The van der Waals surface area contributed by atoms with E-state index in [-0.39, 0.29) is 0 Å². The highest BCUT2D eigenvalue weighted by Crippen LogP contribution is 2.23. The van der Waals surface area contributed by atoms with E-state index < -0.39 is 0 Å². The van der Waals surface area contributed by atoms with E-state index in [0.717, 1.165) is 34.7 Å². The third-order valence-corrected chi connectivity index (χ3v) is 3.12. The first kappa shape index (κ1) is 9.78. The van der Waals surface area contributed by atoms with Gasteiger partial charge >= 0.3 is 0 Å². The molecule has 80 valence electrons. The van der Waals surface area contributed by atoms with Gasteiger partial charge in [0.15, 0.2) is 0 Å². The zero-order valence-electron chi connectivity index (χ0n) is 8.60. The summed E-state index contributed by atoms with van der Waals surface area (Å²) in [4.78, 5) is 11.1. The van der Waals surface area contributed by atoms with Crippen molar-refractivity contribution >= 4 is 27.3 Å². The van der Waals surface area contributed by atoms with Crippen LogP contribution >= 0.6 is 15.9 Å². The fourth-order valence-corrected chi connectivity index (χ4v) is 2.13. The van der Waals surface area contributed by atoms with Crippen molar-refractivity contribution in [2.45, 2.75) is 0 Å². The lowest BCUT2D eigenvalue weighted by atomic mass is 10.1. The van der Waals surface area contributed by atoms with E-state index in [1.165, 1.54) is 0 Å². The molecular weight excluding hydrogens is 266 g/mol. The first-order valence-corrected chi connectivity index (χ1v) is 5.96. The molecule has 0 fully saturated rings. The lowest BCUT2D eigenvalue weighted by Gasteiger charge is -2.20. The molecule has 2 aliphatic heterocycles. The van der Waals surface area contributed by atoms with Gasteiger partial charge in [0.1, 0.15) is 5.84 Å². The summed E-state index contributed by atoms with van der Waals surface area (Å²) in [5, 5.41) is 0. The van der Waals surface area contributed by atoms with E-state index in [1.807, 2.05) is 24.4 Å².